The molecule has 0 amide bonds. The number of hydrogen-bond donors (Lipinski definition) is 1. The normalized spacial score (nSPS) is 23.2. The summed E-state index contributed by atoms with van der Waals surface area (Å²) in [6.45, 7) is 0. The Kier molecular flexibility index (Phi) is 3.83. The summed E-state index contributed by atoms with van der Waals surface area (Å²) >= 11 is 6.12. The molecule has 0 spiro atoms. The molecule has 3 aromatic rings. The molecule has 1 heterocycles. The van der Waals surface area contributed by atoms with Crippen molar-refractivity contribution in [3.63, 3.8) is 0 Å². The number of benzene rings is 3. The van der Waals surface area contributed by atoms with Gasteiger partial charge in [-0.2, -0.15) is 0 Å². The molecule has 0 radical (unpaired) electrons. The van der Waals surface area contributed by atoms with Crippen LogP contribution >= 0.6 is 11.6 Å². The second-order valence-corrected chi connectivity index (χ2v) is 7.60. The van der Waals surface area contributed by atoms with Gasteiger partial charge in [-0.1, -0.05) is 84.4 Å². The summed E-state index contributed by atoms with van der Waals surface area (Å²) in [6.07, 6.45) is 5.84. The number of rotatable bonds is 2. The number of nitrogens with one attached hydrogen (secondary N) is 1. The van der Waals surface area contributed by atoms with E-state index in [-0.39, 0.29) is 0 Å². The fourth-order valence-corrected chi connectivity index (χ4v) is 4.61. The maximum absolute atomic E-state index is 6.12. The maximum atomic E-state index is 6.12. The standard InChI is InChI=1S/C24H20ClN/c25-18-14-12-17(13-15-18)23-21-10-5-9-20(21)22-11-4-8-19(24(22)26-23)16-6-2-1-3-7-16/h1-9,11-15,20-21,23,26H,10H2/t20-,21+,23-/m0/s1. The molecule has 0 aromatic heterocycles. The van der Waals surface area contributed by atoms with Gasteiger partial charge >= 0.3 is 0 Å². The highest BCUT2D eigenvalue weighted by atomic mass is 35.5. The third-order valence-electron chi connectivity index (χ3n) is 5.71. The number of halogens is 1. The van der Waals surface area contributed by atoms with Crippen molar-refractivity contribution >= 4 is 17.3 Å². The van der Waals surface area contributed by atoms with Crippen LogP contribution in [-0.4, -0.2) is 0 Å². The Hall–Kier alpha value is -2.51. The predicted molar refractivity (Wildman–Crippen MR) is 110 cm³/mol. The van der Waals surface area contributed by atoms with Crippen LogP contribution < -0.4 is 5.32 Å². The Balaban J connectivity index is 1.65. The van der Waals surface area contributed by atoms with E-state index in [1.165, 1.54) is 27.9 Å². The molecule has 1 N–H and O–H groups in total. The highest BCUT2D eigenvalue weighted by Crippen LogP contribution is 2.52. The van der Waals surface area contributed by atoms with Gasteiger partial charge in [0, 0.05) is 22.2 Å². The molecular weight excluding hydrogens is 338 g/mol. The van der Waals surface area contributed by atoms with E-state index in [4.69, 9.17) is 11.6 Å². The fourth-order valence-electron chi connectivity index (χ4n) is 4.48. The maximum Gasteiger partial charge on any atom is 0.0554 e. The lowest BCUT2D eigenvalue weighted by Gasteiger charge is -2.38. The molecule has 5 rings (SSSR count). The summed E-state index contributed by atoms with van der Waals surface area (Å²) in [4.78, 5) is 0. The Morgan fingerprint density at radius 3 is 2.46 bits per heavy atom. The van der Waals surface area contributed by atoms with Crippen molar-refractivity contribution in [1.29, 1.82) is 0 Å². The minimum atomic E-state index is 0.296. The van der Waals surface area contributed by atoms with Crippen LogP contribution in [0.25, 0.3) is 11.1 Å². The summed E-state index contributed by atoms with van der Waals surface area (Å²) in [6, 6.07) is 25.9. The van der Waals surface area contributed by atoms with Crippen molar-refractivity contribution in [2.45, 2.75) is 18.4 Å². The van der Waals surface area contributed by atoms with Crippen LogP contribution in [-0.2, 0) is 0 Å². The summed E-state index contributed by atoms with van der Waals surface area (Å²) in [5.74, 6) is 1.02. The van der Waals surface area contributed by atoms with Crippen LogP contribution in [0.5, 0.6) is 0 Å². The average molecular weight is 358 g/mol. The topological polar surface area (TPSA) is 12.0 Å². The van der Waals surface area contributed by atoms with Crippen LogP contribution in [0, 0.1) is 5.92 Å². The second kappa shape index (κ2) is 6.34. The monoisotopic (exact) mass is 357 g/mol. The van der Waals surface area contributed by atoms with Gasteiger partial charge in [0.2, 0.25) is 0 Å². The van der Waals surface area contributed by atoms with Gasteiger partial charge in [-0.3, -0.25) is 0 Å². The predicted octanol–water partition coefficient (Wildman–Crippen LogP) is 6.83. The van der Waals surface area contributed by atoms with Gasteiger partial charge in [0.1, 0.15) is 0 Å². The zero-order chi connectivity index (χ0) is 17.5. The third kappa shape index (κ3) is 2.55. The largest absolute Gasteiger partial charge is 0.377 e. The first-order chi connectivity index (χ1) is 12.8. The van der Waals surface area contributed by atoms with Gasteiger partial charge in [0.05, 0.1) is 6.04 Å². The first-order valence-corrected chi connectivity index (χ1v) is 9.56. The van der Waals surface area contributed by atoms with Gasteiger partial charge in [-0.25, -0.2) is 0 Å². The Morgan fingerprint density at radius 1 is 0.846 bits per heavy atom. The van der Waals surface area contributed by atoms with Crippen molar-refractivity contribution in [3.8, 4) is 11.1 Å². The molecule has 2 aliphatic rings. The molecule has 3 aromatic carbocycles. The van der Waals surface area contributed by atoms with Crippen LogP contribution in [0.4, 0.5) is 5.69 Å². The number of allylic oxidation sites excluding steroid dienone is 2. The number of anilines is 1. The highest BCUT2D eigenvalue weighted by Gasteiger charge is 2.38. The zero-order valence-electron chi connectivity index (χ0n) is 14.4. The third-order valence-corrected chi connectivity index (χ3v) is 5.96. The van der Waals surface area contributed by atoms with E-state index < -0.39 is 0 Å². The number of hydrogen-bond acceptors (Lipinski definition) is 1. The van der Waals surface area contributed by atoms with E-state index in [1.807, 2.05) is 12.1 Å². The fraction of sp³-hybridized carbons (Fsp3) is 0.167. The summed E-state index contributed by atoms with van der Waals surface area (Å²) in [5.41, 5.74) is 6.52. The molecule has 2 heteroatoms. The van der Waals surface area contributed by atoms with E-state index in [2.05, 4.69) is 78.1 Å². The molecule has 1 nitrogen and oxygen atoms in total. The first kappa shape index (κ1) is 15.7. The Labute approximate surface area is 159 Å². The van der Waals surface area contributed by atoms with E-state index in [9.17, 15) is 0 Å². The van der Waals surface area contributed by atoms with Crippen molar-refractivity contribution in [1.82, 2.24) is 0 Å². The highest BCUT2D eigenvalue weighted by molar-refractivity contribution is 6.30. The quantitative estimate of drug-likeness (QED) is 0.495. The Bertz CT molecular complexity index is 959. The van der Waals surface area contributed by atoms with Crippen molar-refractivity contribution in [2.75, 3.05) is 5.32 Å². The minimum Gasteiger partial charge on any atom is -0.377 e. The first-order valence-electron chi connectivity index (χ1n) is 9.18. The van der Waals surface area contributed by atoms with E-state index in [0.717, 1.165) is 11.4 Å². The smallest absolute Gasteiger partial charge is 0.0554 e. The van der Waals surface area contributed by atoms with Crippen LogP contribution in [0.3, 0.4) is 0 Å². The minimum absolute atomic E-state index is 0.296. The molecule has 0 saturated carbocycles. The Morgan fingerprint density at radius 2 is 1.65 bits per heavy atom. The number of fused-ring (bicyclic) bond motifs is 3. The van der Waals surface area contributed by atoms with Crippen LogP contribution in [0.2, 0.25) is 5.02 Å². The lowest BCUT2D eigenvalue weighted by molar-refractivity contribution is 0.426. The van der Waals surface area contributed by atoms with E-state index in [0.29, 0.717) is 17.9 Å². The van der Waals surface area contributed by atoms with Crippen LogP contribution in [0.15, 0.2) is 84.9 Å². The summed E-state index contributed by atoms with van der Waals surface area (Å²) in [7, 11) is 0. The van der Waals surface area contributed by atoms with E-state index >= 15 is 0 Å². The van der Waals surface area contributed by atoms with Gasteiger partial charge in [0.25, 0.3) is 0 Å². The van der Waals surface area contributed by atoms with Gasteiger partial charge in [-0.15, -0.1) is 0 Å². The summed E-state index contributed by atoms with van der Waals surface area (Å²) in [5, 5.41) is 4.68. The zero-order valence-corrected chi connectivity index (χ0v) is 15.2. The summed E-state index contributed by atoms with van der Waals surface area (Å²) < 4.78 is 0. The molecule has 26 heavy (non-hydrogen) atoms. The van der Waals surface area contributed by atoms with Gasteiger partial charge in [0.15, 0.2) is 0 Å². The lowest BCUT2D eigenvalue weighted by Crippen LogP contribution is -2.29. The second-order valence-electron chi connectivity index (χ2n) is 7.16. The molecular formula is C24H20ClN. The van der Waals surface area contributed by atoms with E-state index in [1.54, 1.807) is 0 Å². The van der Waals surface area contributed by atoms with Crippen LogP contribution in [0.1, 0.15) is 29.5 Å². The molecule has 0 unspecified atom stereocenters. The average Bonchev–Trinajstić information content (AvgIpc) is 3.18. The molecule has 0 saturated heterocycles. The number of para-hydroxylation sites is 1. The van der Waals surface area contributed by atoms with Crippen molar-refractivity contribution in [2.24, 2.45) is 5.92 Å². The lowest BCUT2D eigenvalue weighted by atomic mass is 9.76. The van der Waals surface area contributed by atoms with Gasteiger partial charge in [-0.05, 0) is 41.2 Å². The molecule has 1 aliphatic carbocycles. The molecule has 0 fully saturated rings. The molecule has 1 aliphatic heterocycles. The van der Waals surface area contributed by atoms with Crippen molar-refractivity contribution in [3.05, 3.63) is 101 Å². The van der Waals surface area contributed by atoms with Gasteiger partial charge < -0.3 is 5.32 Å². The molecule has 128 valence electrons. The SMILES string of the molecule is Clc1ccc([C@@H]2Nc3c(-c4ccccc4)cccc3[C@H]3C=CC[C@H]32)cc1. The molecule has 3 atom stereocenters. The molecule has 0 bridgehead atoms. The van der Waals surface area contributed by atoms with Crippen molar-refractivity contribution < 1.29 is 0 Å².